The molecule has 0 aromatic carbocycles. The quantitative estimate of drug-likeness (QED) is 0.206. The lowest BCUT2D eigenvalue weighted by atomic mass is 9.70. The maximum atomic E-state index is 11.6. The van der Waals surface area contributed by atoms with Crippen LogP contribution in [0, 0.1) is 35.5 Å². The Balaban J connectivity index is 0. The SMILES string of the molecule is C.C.C.C.C=C(C)C(=O)OCC1CCC(CC2CCC(CC3CCC(COC(=O)C(=C)C)CC3)CC2)CC1. The summed E-state index contributed by atoms with van der Waals surface area (Å²) in [5.74, 6) is 4.22. The van der Waals surface area contributed by atoms with E-state index < -0.39 is 0 Å². The highest BCUT2D eigenvalue weighted by atomic mass is 16.5. The van der Waals surface area contributed by atoms with Crippen LogP contribution >= 0.6 is 0 Å². The maximum absolute atomic E-state index is 11.6. The highest BCUT2D eigenvalue weighted by Gasteiger charge is 2.30. The zero-order chi connectivity index (χ0) is 24.5. The van der Waals surface area contributed by atoms with Gasteiger partial charge in [0.05, 0.1) is 13.2 Å². The summed E-state index contributed by atoms with van der Waals surface area (Å²) in [6.07, 6.45) is 18.6. The van der Waals surface area contributed by atoms with Gasteiger partial charge in [-0.05, 0) is 87.9 Å². The normalized spacial score (nSPS) is 28.6. The van der Waals surface area contributed by atoms with E-state index in [4.69, 9.17) is 9.47 Å². The Morgan fingerprint density at radius 3 is 0.921 bits per heavy atom. The second-order valence-corrected chi connectivity index (χ2v) is 11.9. The number of hydrogen-bond donors (Lipinski definition) is 0. The Labute approximate surface area is 237 Å². The van der Waals surface area contributed by atoms with Crippen LogP contribution in [0.3, 0.4) is 0 Å². The van der Waals surface area contributed by atoms with Crippen LogP contribution < -0.4 is 0 Å². The number of carbonyl (C=O) groups is 2. The van der Waals surface area contributed by atoms with Crippen molar-refractivity contribution in [2.45, 2.75) is 133 Å². The molecule has 0 atom stereocenters. The average molecular weight is 537 g/mol. The average Bonchev–Trinajstić information content (AvgIpc) is 2.83. The first-order chi connectivity index (χ1) is 16.3. The van der Waals surface area contributed by atoms with Crippen LogP contribution in [-0.4, -0.2) is 25.2 Å². The van der Waals surface area contributed by atoms with Gasteiger partial charge in [0.25, 0.3) is 0 Å². The molecule has 0 saturated heterocycles. The third kappa shape index (κ3) is 13.0. The summed E-state index contributed by atoms with van der Waals surface area (Å²) in [5.41, 5.74) is 0.997. The molecule has 0 spiro atoms. The van der Waals surface area contributed by atoms with Gasteiger partial charge < -0.3 is 9.47 Å². The van der Waals surface area contributed by atoms with Crippen molar-refractivity contribution >= 4 is 11.9 Å². The Hall–Kier alpha value is -1.58. The van der Waals surface area contributed by atoms with Gasteiger partial charge in [0.15, 0.2) is 0 Å². The van der Waals surface area contributed by atoms with Gasteiger partial charge in [-0.3, -0.25) is 0 Å². The van der Waals surface area contributed by atoms with Gasteiger partial charge in [-0.15, -0.1) is 0 Å². The van der Waals surface area contributed by atoms with E-state index in [-0.39, 0.29) is 41.6 Å². The molecule has 0 aliphatic heterocycles. The van der Waals surface area contributed by atoms with E-state index in [0.717, 1.165) is 23.7 Å². The molecule has 0 bridgehead atoms. The standard InChI is InChI=1S/C30H48O4.4CH4/c1-21(2)29(31)33-19-27-13-9-25(10-14-27)17-23-5-7-24(8-6-23)18-26-11-15-28(16-12-26)20-34-30(32)22(3)4;;;;/h23-28H,1,3,5-20H2,2,4H3;4*1H4. The Kier molecular flexibility index (Phi) is 19.8. The fourth-order valence-corrected chi connectivity index (χ4v) is 6.55. The lowest BCUT2D eigenvalue weighted by Gasteiger charge is -2.36. The van der Waals surface area contributed by atoms with E-state index in [9.17, 15) is 9.59 Å². The highest BCUT2D eigenvalue weighted by Crippen LogP contribution is 2.42. The second-order valence-electron chi connectivity index (χ2n) is 11.9. The summed E-state index contributed by atoms with van der Waals surface area (Å²) in [5, 5.41) is 0. The smallest absolute Gasteiger partial charge is 0.333 e. The third-order valence-corrected chi connectivity index (χ3v) is 8.83. The van der Waals surface area contributed by atoms with Crippen molar-refractivity contribution in [3.05, 3.63) is 24.3 Å². The molecular weight excluding hydrogens is 472 g/mol. The number of esters is 2. The molecule has 0 N–H and O–H groups in total. The van der Waals surface area contributed by atoms with Gasteiger partial charge in [-0.1, -0.05) is 94.2 Å². The van der Waals surface area contributed by atoms with E-state index in [0.29, 0.717) is 36.2 Å². The zero-order valence-corrected chi connectivity index (χ0v) is 21.8. The van der Waals surface area contributed by atoms with Gasteiger partial charge in [-0.2, -0.15) is 0 Å². The van der Waals surface area contributed by atoms with Gasteiger partial charge in [0, 0.05) is 11.1 Å². The molecule has 0 heterocycles. The number of rotatable bonds is 10. The first-order valence-electron chi connectivity index (χ1n) is 13.9. The van der Waals surface area contributed by atoms with E-state index in [1.807, 2.05) is 0 Å². The molecule has 0 radical (unpaired) electrons. The molecule has 3 aliphatic rings. The molecule has 3 aliphatic carbocycles. The van der Waals surface area contributed by atoms with Crippen LogP contribution in [0.15, 0.2) is 24.3 Å². The fourth-order valence-electron chi connectivity index (χ4n) is 6.55. The first kappa shape index (κ1) is 38.6. The van der Waals surface area contributed by atoms with Crippen molar-refractivity contribution in [2.75, 3.05) is 13.2 Å². The van der Waals surface area contributed by atoms with Gasteiger partial charge in [0.2, 0.25) is 0 Å². The Bertz CT molecular complexity index is 627. The minimum Gasteiger partial charge on any atom is -0.462 e. The second kappa shape index (κ2) is 19.5. The van der Waals surface area contributed by atoms with Crippen molar-refractivity contribution in [3.63, 3.8) is 0 Å². The van der Waals surface area contributed by atoms with Crippen LogP contribution in [0.4, 0.5) is 0 Å². The van der Waals surface area contributed by atoms with E-state index in [2.05, 4.69) is 13.2 Å². The highest BCUT2D eigenvalue weighted by molar-refractivity contribution is 5.87. The number of hydrogen-bond acceptors (Lipinski definition) is 4. The largest absolute Gasteiger partial charge is 0.462 e. The molecule has 3 rings (SSSR count). The molecule has 38 heavy (non-hydrogen) atoms. The lowest BCUT2D eigenvalue weighted by molar-refractivity contribution is -0.141. The molecule has 3 saturated carbocycles. The van der Waals surface area contributed by atoms with Crippen molar-refractivity contribution in [1.82, 2.24) is 0 Å². The predicted molar refractivity (Wildman–Crippen MR) is 164 cm³/mol. The molecule has 0 unspecified atom stereocenters. The number of carbonyl (C=O) groups excluding carboxylic acids is 2. The molecule has 0 aromatic heterocycles. The van der Waals surface area contributed by atoms with Crippen molar-refractivity contribution in [1.29, 1.82) is 0 Å². The predicted octanol–water partition coefficient (Wildman–Crippen LogP) is 9.97. The summed E-state index contributed by atoms with van der Waals surface area (Å²) in [6.45, 7) is 11.9. The van der Waals surface area contributed by atoms with Crippen molar-refractivity contribution < 1.29 is 19.1 Å². The Morgan fingerprint density at radius 1 is 0.500 bits per heavy atom. The molecular formula is C34H64O4. The molecule has 0 aromatic rings. The molecule has 4 heteroatoms. The summed E-state index contributed by atoms with van der Waals surface area (Å²) in [4.78, 5) is 23.2. The van der Waals surface area contributed by atoms with Crippen molar-refractivity contribution in [3.8, 4) is 0 Å². The van der Waals surface area contributed by atoms with Crippen LogP contribution in [-0.2, 0) is 19.1 Å². The third-order valence-electron chi connectivity index (χ3n) is 8.83. The van der Waals surface area contributed by atoms with Crippen LogP contribution in [0.5, 0.6) is 0 Å². The summed E-state index contributed by atoms with van der Waals surface area (Å²) < 4.78 is 10.8. The topological polar surface area (TPSA) is 52.6 Å². The first-order valence-corrected chi connectivity index (χ1v) is 13.9. The zero-order valence-electron chi connectivity index (χ0n) is 21.8. The fraction of sp³-hybridized carbons (Fsp3) is 0.824. The summed E-state index contributed by atoms with van der Waals surface area (Å²) >= 11 is 0. The van der Waals surface area contributed by atoms with Crippen molar-refractivity contribution in [2.24, 2.45) is 35.5 Å². The van der Waals surface area contributed by atoms with Crippen LogP contribution in [0.1, 0.15) is 133 Å². The van der Waals surface area contributed by atoms with E-state index >= 15 is 0 Å². The molecule has 4 nitrogen and oxygen atoms in total. The Morgan fingerprint density at radius 2 is 0.711 bits per heavy atom. The van der Waals surface area contributed by atoms with Gasteiger partial charge in [-0.25, -0.2) is 9.59 Å². The van der Waals surface area contributed by atoms with Crippen LogP contribution in [0.2, 0.25) is 0 Å². The summed E-state index contributed by atoms with van der Waals surface area (Å²) in [7, 11) is 0. The number of ether oxygens (including phenoxy) is 2. The monoisotopic (exact) mass is 536 g/mol. The van der Waals surface area contributed by atoms with E-state index in [1.54, 1.807) is 13.8 Å². The molecule has 0 amide bonds. The molecule has 224 valence electrons. The van der Waals surface area contributed by atoms with Crippen LogP contribution in [0.25, 0.3) is 0 Å². The maximum Gasteiger partial charge on any atom is 0.333 e. The summed E-state index contributed by atoms with van der Waals surface area (Å²) in [6, 6.07) is 0. The lowest BCUT2D eigenvalue weighted by Crippen LogP contribution is -2.25. The van der Waals surface area contributed by atoms with Gasteiger partial charge >= 0.3 is 11.9 Å². The van der Waals surface area contributed by atoms with Gasteiger partial charge in [0.1, 0.15) is 0 Å². The minimum atomic E-state index is -0.240. The minimum absolute atomic E-state index is 0. The van der Waals surface area contributed by atoms with E-state index in [1.165, 1.54) is 89.9 Å². The molecule has 3 fully saturated rings.